The maximum absolute atomic E-state index is 12.9. The second-order valence-electron chi connectivity index (χ2n) is 5.24. The van der Waals surface area contributed by atoms with Crippen LogP contribution in [0.4, 0.5) is 5.13 Å². The third-order valence-corrected chi connectivity index (χ3v) is 4.39. The molecule has 1 heterocycles. The first kappa shape index (κ1) is 19.1. The summed E-state index contributed by atoms with van der Waals surface area (Å²) < 4.78 is 17.0. The van der Waals surface area contributed by atoms with Gasteiger partial charge in [0.25, 0.3) is 5.91 Å². The van der Waals surface area contributed by atoms with Gasteiger partial charge in [-0.05, 0) is 39.8 Å². The summed E-state index contributed by atoms with van der Waals surface area (Å²) in [6.45, 7) is 8.96. The van der Waals surface area contributed by atoms with Gasteiger partial charge in [0, 0.05) is 18.0 Å². The quantitative estimate of drug-likeness (QED) is 0.710. The summed E-state index contributed by atoms with van der Waals surface area (Å²) >= 11 is 1.43. The number of aromatic nitrogens is 1. The van der Waals surface area contributed by atoms with E-state index in [9.17, 15) is 4.79 Å². The first-order chi connectivity index (χ1) is 12.0. The third-order valence-electron chi connectivity index (χ3n) is 3.35. The maximum Gasteiger partial charge on any atom is 0.260 e. The van der Waals surface area contributed by atoms with Gasteiger partial charge in [0.2, 0.25) is 5.75 Å². The molecule has 2 rings (SSSR count). The molecule has 0 N–H and O–H groups in total. The van der Waals surface area contributed by atoms with Crippen LogP contribution in [0.3, 0.4) is 0 Å². The number of carbonyl (C=O) groups is 1. The number of hydrogen-bond donors (Lipinski definition) is 0. The fourth-order valence-corrected chi connectivity index (χ4v) is 3.05. The summed E-state index contributed by atoms with van der Waals surface area (Å²) in [5.74, 6) is 1.35. The summed E-state index contributed by atoms with van der Waals surface area (Å²) in [4.78, 5) is 18.8. The average Bonchev–Trinajstić information content (AvgIpc) is 3.03. The van der Waals surface area contributed by atoms with E-state index in [-0.39, 0.29) is 5.91 Å². The van der Waals surface area contributed by atoms with Crippen molar-refractivity contribution in [3.8, 4) is 17.2 Å². The molecule has 0 atom stereocenters. The Balaban J connectivity index is 2.43. The van der Waals surface area contributed by atoms with E-state index in [0.717, 1.165) is 5.69 Å². The van der Waals surface area contributed by atoms with Crippen molar-refractivity contribution in [3.63, 3.8) is 0 Å². The van der Waals surface area contributed by atoms with E-state index < -0.39 is 0 Å². The first-order valence-corrected chi connectivity index (χ1v) is 9.16. The van der Waals surface area contributed by atoms with Crippen LogP contribution in [0.25, 0.3) is 0 Å². The predicted octanol–water partition coefficient (Wildman–Crippen LogP) is 3.92. The van der Waals surface area contributed by atoms with E-state index in [4.69, 9.17) is 14.2 Å². The van der Waals surface area contributed by atoms with Gasteiger partial charge in [-0.1, -0.05) is 0 Å². The van der Waals surface area contributed by atoms with Crippen LogP contribution in [0.2, 0.25) is 0 Å². The van der Waals surface area contributed by atoms with Crippen molar-refractivity contribution < 1.29 is 19.0 Å². The second kappa shape index (κ2) is 8.71. The van der Waals surface area contributed by atoms with Gasteiger partial charge in [0.1, 0.15) is 0 Å². The average molecular weight is 364 g/mol. The summed E-state index contributed by atoms with van der Waals surface area (Å²) in [6, 6.07) is 3.38. The van der Waals surface area contributed by atoms with Crippen molar-refractivity contribution in [2.75, 3.05) is 31.8 Å². The summed E-state index contributed by atoms with van der Waals surface area (Å²) in [7, 11) is 1.71. The summed E-state index contributed by atoms with van der Waals surface area (Å²) in [5, 5.41) is 2.56. The van der Waals surface area contributed by atoms with Gasteiger partial charge >= 0.3 is 0 Å². The molecule has 0 aliphatic heterocycles. The molecule has 6 nitrogen and oxygen atoms in total. The van der Waals surface area contributed by atoms with Crippen LogP contribution in [0, 0.1) is 6.92 Å². The van der Waals surface area contributed by atoms with Crippen LogP contribution in [0.15, 0.2) is 17.5 Å². The topological polar surface area (TPSA) is 60.9 Å². The molecule has 0 radical (unpaired) electrons. The molecule has 136 valence electrons. The Bertz CT molecular complexity index is 703. The molecule has 0 aliphatic rings. The Hall–Kier alpha value is -2.28. The molecule has 1 aromatic heterocycles. The maximum atomic E-state index is 12.9. The summed E-state index contributed by atoms with van der Waals surface area (Å²) in [5.41, 5.74) is 1.35. The molecule has 0 aliphatic carbocycles. The highest BCUT2D eigenvalue weighted by molar-refractivity contribution is 7.14. The molecule has 0 saturated heterocycles. The molecule has 0 spiro atoms. The smallest absolute Gasteiger partial charge is 0.260 e. The van der Waals surface area contributed by atoms with E-state index >= 15 is 0 Å². The summed E-state index contributed by atoms with van der Waals surface area (Å²) in [6.07, 6.45) is 0. The monoisotopic (exact) mass is 364 g/mol. The lowest BCUT2D eigenvalue weighted by molar-refractivity contribution is 0.0992. The molecule has 25 heavy (non-hydrogen) atoms. The number of hydrogen-bond acceptors (Lipinski definition) is 6. The van der Waals surface area contributed by atoms with Crippen LogP contribution in [-0.4, -0.2) is 37.8 Å². The van der Waals surface area contributed by atoms with Crippen molar-refractivity contribution in [1.29, 1.82) is 0 Å². The lowest BCUT2D eigenvalue weighted by Crippen LogP contribution is -2.26. The number of amides is 1. The van der Waals surface area contributed by atoms with Gasteiger partial charge in [0.05, 0.1) is 25.5 Å². The van der Waals surface area contributed by atoms with Crippen LogP contribution >= 0.6 is 11.3 Å². The number of benzene rings is 1. The minimum atomic E-state index is -0.181. The SMILES string of the molecule is CCOc1cc(C(=O)N(C)c2nc(C)cs2)cc(OCC)c1OCC. The lowest BCUT2D eigenvalue weighted by Gasteiger charge is -2.19. The van der Waals surface area contributed by atoms with E-state index in [0.29, 0.717) is 47.8 Å². The molecule has 7 heteroatoms. The fourth-order valence-electron chi connectivity index (χ4n) is 2.29. The van der Waals surface area contributed by atoms with E-state index in [1.165, 1.54) is 16.2 Å². The Morgan fingerprint density at radius 1 is 1.08 bits per heavy atom. The van der Waals surface area contributed by atoms with E-state index in [2.05, 4.69) is 4.98 Å². The Morgan fingerprint density at radius 3 is 2.08 bits per heavy atom. The number of carbonyl (C=O) groups excluding carboxylic acids is 1. The van der Waals surface area contributed by atoms with Gasteiger partial charge in [0.15, 0.2) is 16.6 Å². The van der Waals surface area contributed by atoms with Crippen molar-refractivity contribution in [2.24, 2.45) is 0 Å². The van der Waals surface area contributed by atoms with Crippen LogP contribution < -0.4 is 19.1 Å². The molecular formula is C18H24N2O4S. The first-order valence-electron chi connectivity index (χ1n) is 8.28. The van der Waals surface area contributed by atoms with Crippen molar-refractivity contribution >= 4 is 22.4 Å². The highest BCUT2D eigenvalue weighted by Gasteiger charge is 2.22. The van der Waals surface area contributed by atoms with Crippen molar-refractivity contribution in [2.45, 2.75) is 27.7 Å². The molecular weight excluding hydrogens is 340 g/mol. The highest BCUT2D eigenvalue weighted by Crippen LogP contribution is 2.39. The van der Waals surface area contributed by atoms with E-state index in [1.54, 1.807) is 19.2 Å². The van der Waals surface area contributed by atoms with Gasteiger partial charge < -0.3 is 14.2 Å². The number of ether oxygens (including phenoxy) is 3. The Labute approximate surface area is 152 Å². The molecule has 0 bridgehead atoms. The molecule has 1 amide bonds. The number of anilines is 1. The van der Waals surface area contributed by atoms with Gasteiger partial charge in [-0.25, -0.2) is 4.98 Å². The zero-order valence-electron chi connectivity index (χ0n) is 15.3. The number of rotatable bonds is 8. The molecule has 2 aromatic rings. The standard InChI is InChI=1S/C18H24N2O4S/c1-6-22-14-9-13(10-15(23-7-2)16(14)24-8-3)17(21)20(5)18-19-12(4)11-25-18/h9-11H,6-8H2,1-5H3. The number of thiazole rings is 1. The Morgan fingerprint density at radius 2 is 1.64 bits per heavy atom. The van der Waals surface area contributed by atoms with Gasteiger partial charge in [-0.15, -0.1) is 11.3 Å². The minimum absolute atomic E-state index is 0.181. The highest BCUT2D eigenvalue weighted by atomic mass is 32.1. The van der Waals surface area contributed by atoms with Crippen LogP contribution in [-0.2, 0) is 0 Å². The number of aryl methyl sites for hydroxylation is 1. The third kappa shape index (κ3) is 4.42. The van der Waals surface area contributed by atoms with Crippen LogP contribution in [0.1, 0.15) is 36.8 Å². The fraction of sp³-hybridized carbons (Fsp3) is 0.444. The molecule has 0 saturated carbocycles. The lowest BCUT2D eigenvalue weighted by atomic mass is 10.1. The predicted molar refractivity (Wildman–Crippen MR) is 99.5 cm³/mol. The van der Waals surface area contributed by atoms with Crippen molar-refractivity contribution in [1.82, 2.24) is 4.98 Å². The molecule has 0 unspecified atom stereocenters. The molecule has 1 aromatic carbocycles. The normalized spacial score (nSPS) is 10.4. The second-order valence-corrected chi connectivity index (χ2v) is 6.07. The minimum Gasteiger partial charge on any atom is -0.490 e. The van der Waals surface area contributed by atoms with Gasteiger partial charge in [-0.3, -0.25) is 9.69 Å². The largest absolute Gasteiger partial charge is 0.490 e. The van der Waals surface area contributed by atoms with E-state index in [1.807, 2.05) is 33.1 Å². The zero-order valence-corrected chi connectivity index (χ0v) is 16.1. The molecule has 0 fully saturated rings. The number of nitrogens with zero attached hydrogens (tertiary/aromatic N) is 2. The van der Waals surface area contributed by atoms with Crippen LogP contribution in [0.5, 0.6) is 17.2 Å². The van der Waals surface area contributed by atoms with Crippen molar-refractivity contribution in [3.05, 3.63) is 28.8 Å². The Kier molecular flexibility index (Phi) is 6.64. The van der Waals surface area contributed by atoms with Gasteiger partial charge in [-0.2, -0.15) is 0 Å². The zero-order chi connectivity index (χ0) is 18.4.